The number of aromatic nitrogens is 2. The normalized spacial score (nSPS) is 12.2. The number of hydrogen-bond donors (Lipinski definition) is 1. The molecule has 0 bridgehead atoms. The molecular weight excluding hydrogens is 292 g/mol. The van der Waals surface area contributed by atoms with Crippen LogP contribution in [0.1, 0.15) is 17.3 Å². The molecule has 0 amide bonds. The Hall–Kier alpha value is -3.30. The lowest BCUT2D eigenvalue weighted by atomic mass is 10.2. The average molecular weight is 302 g/mol. The molecule has 2 rings (SSSR count). The zero-order valence-corrected chi connectivity index (χ0v) is 11.4. The first-order chi connectivity index (χ1) is 10.7. The summed E-state index contributed by atoms with van der Waals surface area (Å²) in [6.07, 6.45) is 0. The molecule has 0 fully saturated rings. The molecule has 0 unspecified atom stereocenters. The minimum atomic E-state index is -0.738. The first kappa shape index (κ1) is 15.1. The van der Waals surface area contributed by atoms with Crippen LogP contribution in [-0.4, -0.2) is 22.8 Å². The second-order valence-electron chi connectivity index (χ2n) is 3.88. The molecular formula is C12H10N6O4. The van der Waals surface area contributed by atoms with Crippen molar-refractivity contribution in [3.63, 3.8) is 0 Å². The number of esters is 1. The van der Waals surface area contributed by atoms with E-state index in [-0.39, 0.29) is 17.5 Å². The van der Waals surface area contributed by atoms with Crippen molar-refractivity contribution in [2.24, 2.45) is 15.5 Å². The van der Waals surface area contributed by atoms with E-state index in [9.17, 15) is 14.5 Å². The molecule has 1 N–H and O–H groups in total. The predicted octanol–water partition coefficient (Wildman–Crippen LogP) is -0.601. The second kappa shape index (κ2) is 6.92. The maximum atomic E-state index is 11.5. The van der Waals surface area contributed by atoms with Gasteiger partial charge < -0.3 is 4.74 Å². The summed E-state index contributed by atoms with van der Waals surface area (Å²) in [4.78, 5) is 32.9. The number of nitroso groups, excluding NO2 is 1. The van der Waals surface area contributed by atoms with Crippen LogP contribution in [-0.2, 0) is 4.74 Å². The summed E-state index contributed by atoms with van der Waals surface area (Å²) in [5.74, 6) is -0.435. The fourth-order valence-electron chi connectivity index (χ4n) is 1.50. The van der Waals surface area contributed by atoms with Crippen LogP contribution >= 0.6 is 0 Å². The summed E-state index contributed by atoms with van der Waals surface area (Å²) < 4.78 is 4.85. The van der Waals surface area contributed by atoms with Crippen LogP contribution in [0.2, 0.25) is 0 Å². The second-order valence-corrected chi connectivity index (χ2v) is 3.88. The molecule has 10 nitrogen and oxygen atoms in total. The SMILES string of the molecule is CCOC(=O)c1ccc(N/N=c2\c(=O)nn\c2=N\N=O)cc1. The number of benzene rings is 1. The molecule has 112 valence electrons. The van der Waals surface area contributed by atoms with Crippen molar-refractivity contribution in [2.75, 3.05) is 12.0 Å². The minimum absolute atomic E-state index is 0.228. The van der Waals surface area contributed by atoms with Crippen molar-refractivity contribution in [2.45, 2.75) is 6.92 Å². The Bertz CT molecular complexity index is 836. The van der Waals surface area contributed by atoms with E-state index in [1.807, 2.05) is 0 Å². The zero-order valence-electron chi connectivity index (χ0n) is 11.4. The van der Waals surface area contributed by atoms with Crippen LogP contribution in [0.5, 0.6) is 0 Å². The summed E-state index contributed by atoms with van der Waals surface area (Å²) in [7, 11) is 0. The van der Waals surface area contributed by atoms with E-state index in [0.29, 0.717) is 11.3 Å². The van der Waals surface area contributed by atoms with Crippen LogP contribution in [0.15, 0.2) is 44.5 Å². The molecule has 0 radical (unpaired) electrons. The van der Waals surface area contributed by atoms with Gasteiger partial charge in [0.25, 0.3) is 0 Å². The number of anilines is 1. The van der Waals surface area contributed by atoms with E-state index < -0.39 is 11.5 Å². The molecule has 0 aliphatic rings. The number of ether oxygens (including phenoxy) is 1. The lowest BCUT2D eigenvalue weighted by Crippen LogP contribution is -2.34. The Kier molecular flexibility index (Phi) is 4.75. The Morgan fingerprint density at radius 2 is 2.00 bits per heavy atom. The monoisotopic (exact) mass is 302 g/mol. The fourth-order valence-corrected chi connectivity index (χ4v) is 1.50. The van der Waals surface area contributed by atoms with Crippen molar-refractivity contribution in [3.8, 4) is 0 Å². The van der Waals surface area contributed by atoms with E-state index in [1.165, 1.54) is 12.1 Å². The topological polar surface area (TPSA) is 135 Å². The number of nitrogens with one attached hydrogen (secondary N) is 1. The van der Waals surface area contributed by atoms with Gasteiger partial charge in [-0.2, -0.15) is 5.10 Å². The van der Waals surface area contributed by atoms with Crippen LogP contribution in [0.4, 0.5) is 5.69 Å². The van der Waals surface area contributed by atoms with Crippen molar-refractivity contribution in [3.05, 3.63) is 55.9 Å². The Labute approximate surface area is 122 Å². The van der Waals surface area contributed by atoms with E-state index in [1.54, 1.807) is 19.1 Å². The van der Waals surface area contributed by atoms with E-state index in [2.05, 4.69) is 31.1 Å². The van der Waals surface area contributed by atoms with E-state index in [0.717, 1.165) is 0 Å². The van der Waals surface area contributed by atoms with Crippen LogP contribution in [0.3, 0.4) is 0 Å². The highest BCUT2D eigenvalue weighted by Gasteiger charge is 2.05. The highest BCUT2D eigenvalue weighted by molar-refractivity contribution is 5.89. The number of nitrogens with zero attached hydrogens (tertiary/aromatic N) is 5. The summed E-state index contributed by atoms with van der Waals surface area (Å²) in [5.41, 5.74) is 2.45. The Morgan fingerprint density at radius 3 is 2.64 bits per heavy atom. The lowest BCUT2D eigenvalue weighted by molar-refractivity contribution is 0.0526. The first-order valence-corrected chi connectivity index (χ1v) is 6.13. The minimum Gasteiger partial charge on any atom is -0.462 e. The number of carbonyl (C=O) groups excluding carboxylic acids is 1. The molecule has 1 heterocycles. The van der Waals surface area contributed by atoms with E-state index >= 15 is 0 Å². The Balaban J connectivity index is 2.22. The first-order valence-electron chi connectivity index (χ1n) is 6.13. The van der Waals surface area contributed by atoms with Gasteiger partial charge >= 0.3 is 11.5 Å². The highest BCUT2D eigenvalue weighted by Crippen LogP contribution is 2.10. The third-order valence-electron chi connectivity index (χ3n) is 2.48. The quantitative estimate of drug-likeness (QED) is 0.442. The summed E-state index contributed by atoms with van der Waals surface area (Å²) in [6.45, 7) is 2.00. The van der Waals surface area contributed by atoms with Gasteiger partial charge in [-0.25, -0.2) is 4.79 Å². The molecule has 0 aliphatic heterocycles. The Morgan fingerprint density at radius 1 is 1.27 bits per heavy atom. The van der Waals surface area contributed by atoms with Crippen molar-refractivity contribution in [1.82, 2.24) is 10.2 Å². The number of hydrogen-bond acceptors (Lipinski definition) is 9. The van der Waals surface area contributed by atoms with E-state index in [4.69, 9.17) is 4.74 Å². The molecule has 0 aliphatic carbocycles. The van der Waals surface area contributed by atoms with Crippen molar-refractivity contribution >= 4 is 11.7 Å². The van der Waals surface area contributed by atoms with Gasteiger partial charge in [0.1, 0.15) is 0 Å². The molecule has 22 heavy (non-hydrogen) atoms. The average Bonchev–Trinajstić information content (AvgIpc) is 2.87. The molecule has 10 heteroatoms. The van der Waals surface area contributed by atoms with Gasteiger partial charge in [-0.3, -0.25) is 10.2 Å². The summed E-state index contributed by atoms with van der Waals surface area (Å²) >= 11 is 0. The highest BCUT2D eigenvalue weighted by atomic mass is 16.5. The molecule has 1 aromatic heterocycles. The van der Waals surface area contributed by atoms with Gasteiger partial charge in [-0.1, -0.05) is 5.10 Å². The van der Waals surface area contributed by atoms with Crippen LogP contribution in [0, 0.1) is 4.91 Å². The van der Waals surface area contributed by atoms with Crippen LogP contribution in [0.25, 0.3) is 0 Å². The molecule has 0 saturated heterocycles. The number of rotatable bonds is 5. The molecule has 2 aromatic rings. The third-order valence-corrected chi connectivity index (χ3v) is 2.48. The number of carbonyl (C=O) groups is 1. The van der Waals surface area contributed by atoms with Gasteiger partial charge in [0.15, 0.2) is 0 Å². The molecule has 0 spiro atoms. The molecule has 1 aromatic carbocycles. The lowest BCUT2D eigenvalue weighted by Gasteiger charge is -2.03. The molecule has 0 atom stereocenters. The van der Waals surface area contributed by atoms with Crippen molar-refractivity contribution in [1.29, 1.82) is 0 Å². The molecule has 0 saturated carbocycles. The van der Waals surface area contributed by atoms with Gasteiger partial charge in [0.2, 0.25) is 10.8 Å². The van der Waals surface area contributed by atoms with Gasteiger partial charge in [0, 0.05) is 0 Å². The third kappa shape index (κ3) is 3.42. The smallest absolute Gasteiger partial charge is 0.338 e. The summed E-state index contributed by atoms with van der Waals surface area (Å²) in [5, 5.41) is 15.5. The van der Waals surface area contributed by atoms with Crippen molar-refractivity contribution < 1.29 is 9.53 Å². The maximum absolute atomic E-state index is 11.5. The standard InChI is InChI=1S/C12H10N6O4/c1-2-22-12(20)7-3-5-8(6-4-7)13-14-9-10(16-18-21)15-17-11(9)19/h3-6,13H,2H2,1H3/b14-9-,16-10+. The zero-order chi connectivity index (χ0) is 15.9. The van der Waals surface area contributed by atoms with Gasteiger partial charge in [-0.15, -0.1) is 15.1 Å². The van der Waals surface area contributed by atoms with Gasteiger partial charge in [-0.05, 0) is 31.2 Å². The largest absolute Gasteiger partial charge is 0.462 e. The van der Waals surface area contributed by atoms with Crippen LogP contribution < -0.4 is 21.8 Å². The summed E-state index contributed by atoms with van der Waals surface area (Å²) in [6, 6.07) is 6.21. The van der Waals surface area contributed by atoms with Gasteiger partial charge in [0.05, 0.1) is 23.1 Å². The fraction of sp³-hybridized carbons (Fsp3) is 0.167. The predicted molar refractivity (Wildman–Crippen MR) is 73.6 cm³/mol. The maximum Gasteiger partial charge on any atom is 0.338 e.